The molecule has 0 spiro atoms. The van der Waals surface area contributed by atoms with Gasteiger partial charge in [0.15, 0.2) is 11.5 Å². The first-order chi connectivity index (χ1) is 16.0. The number of hydrogen-bond acceptors (Lipinski definition) is 10. The third-order valence-corrected chi connectivity index (χ3v) is 5.36. The fraction of sp³-hybridized carbons (Fsp3) is 0.381. The maximum absolute atomic E-state index is 13.2. The van der Waals surface area contributed by atoms with E-state index in [-0.39, 0.29) is 34.9 Å². The number of likely N-dealkylation sites (N-methyl/N-ethyl adjacent to an activating group) is 2. The number of nitrogens with zero attached hydrogens (tertiary/aromatic N) is 5. The van der Waals surface area contributed by atoms with E-state index in [0.29, 0.717) is 5.69 Å². The number of aromatic nitrogens is 4. The first kappa shape index (κ1) is 22.3. The lowest BCUT2D eigenvalue weighted by Crippen LogP contribution is -2.58. The molecule has 0 bridgehead atoms. The zero-order chi connectivity index (χ0) is 23.4. The molecular weight excluding hydrogens is 424 g/mol. The van der Waals surface area contributed by atoms with E-state index in [1.165, 1.54) is 6.33 Å². The molecule has 1 saturated heterocycles. The molecule has 12 nitrogen and oxygen atoms in total. The van der Waals surface area contributed by atoms with Gasteiger partial charge in [0, 0.05) is 32.3 Å². The van der Waals surface area contributed by atoms with Gasteiger partial charge in [0.05, 0.1) is 41.7 Å². The van der Waals surface area contributed by atoms with Crippen LogP contribution in [0.1, 0.15) is 34.9 Å². The number of nitrogens with one attached hydrogen (secondary N) is 5. The molecule has 1 aliphatic carbocycles. The smallest absolute Gasteiger partial charge is 0.278 e. The monoisotopic (exact) mass is 450 g/mol. The molecule has 1 saturated carbocycles. The minimum atomic E-state index is -0.591. The first-order valence-electron chi connectivity index (χ1n) is 10.6. The average Bonchev–Trinajstić information content (AvgIpc) is 3.64. The highest BCUT2D eigenvalue weighted by Crippen LogP contribution is 2.39. The summed E-state index contributed by atoms with van der Waals surface area (Å²) < 4.78 is 0. The first-order valence-corrected chi connectivity index (χ1v) is 10.6. The fourth-order valence-corrected chi connectivity index (χ4v) is 3.50. The Morgan fingerprint density at radius 1 is 1.18 bits per heavy atom. The molecule has 2 aliphatic rings. The van der Waals surface area contributed by atoms with E-state index >= 15 is 0 Å². The molecule has 2 aromatic heterocycles. The van der Waals surface area contributed by atoms with E-state index in [0.717, 1.165) is 37.8 Å². The van der Waals surface area contributed by atoms with Gasteiger partial charge in [-0.2, -0.15) is 0 Å². The van der Waals surface area contributed by atoms with Crippen molar-refractivity contribution in [3.63, 3.8) is 0 Å². The van der Waals surface area contributed by atoms with Crippen molar-refractivity contribution in [1.29, 1.82) is 5.41 Å². The Balaban J connectivity index is 1.58. The number of likely N-dealkylation sites (tertiary alicyclic amines) is 1. The van der Waals surface area contributed by atoms with Crippen molar-refractivity contribution in [1.82, 2.24) is 40.8 Å². The highest BCUT2D eigenvalue weighted by Gasteiger charge is 2.29. The number of anilines is 2. The molecule has 0 unspecified atom stereocenters. The Hall–Kier alpha value is -3.93. The van der Waals surface area contributed by atoms with Gasteiger partial charge >= 0.3 is 0 Å². The summed E-state index contributed by atoms with van der Waals surface area (Å²) in [4.78, 5) is 44.8. The molecule has 0 aromatic carbocycles. The third-order valence-electron chi connectivity index (χ3n) is 5.36. The van der Waals surface area contributed by atoms with Gasteiger partial charge in [-0.15, -0.1) is 0 Å². The Labute approximate surface area is 190 Å². The van der Waals surface area contributed by atoms with Crippen LogP contribution < -0.4 is 21.3 Å². The van der Waals surface area contributed by atoms with Gasteiger partial charge in [-0.1, -0.05) is 0 Å². The van der Waals surface area contributed by atoms with Crippen LogP contribution in [0.3, 0.4) is 0 Å². The van der Waals surface area contributed by atoms with E-state index in [4.69, 9.17) is 5.41 Å². The molecule has 0 atom stereocenters. The Bertz CT molecular complexity index is 1080. The second kappa shape index (κ2) is 9.69. The van der Waals surface area contributed by atoms with Crippen LogP contribution >= 0.6 is 0 Å². The van der Waals surface area contributed by atoms with Crippen molar-refractivity contribution >= 4 is 29.5 Å². The molecule has 3 heterocycles. The van der Waals surface area contributed by atoms with Crippen LogP contribution in [-0.2, 0) is 4.79 Å². The standard InChI is InChI=1S/C21H26N10O2/c1-23-17(20(32)28-14-9-31(2)10-14)15(5-22)30-21(33)18-19(27-13-6-24-11-25-7-13)26-8-16(29-18)12-3-4-12/h5-8,11-12,14,22-23H,3-4,9-10H2,1-2H3,(H,26,27)(H,28,32)(H,30,33)/b17-15+,22-5?. The summed E-state index contributed by atoms with van der Waals surface area (Å²) in [5, 5.41) is 19.1. The molecule has 2 amide bonds. The van der Waals surface area contributed by atoms with Crippen LogP contribution in [0.5, 0.6) is 0 Å². The summed E-state index contributed by atoms with van der Waals surface area (Å²) in [5.74, 6) is -0.474. The maximum atomic E-state index is 13.2. The van der Waals surface area contributed by atoms with Gasteiger partial charge < -0.3 is 31.6 Å². The Kier molecular flexibility index (Phi) is 6.54. The Morgan fingerprint density at radius 2 is 1.91 bits per heavy atom. The van der Waals surface area contributed by atoms with Crippen molar-refractivity contribution in [3.05, 3.63) is 47.7 Å². The van der Waals surface area contributed by atoms with Gasteiger partial charge in [0.25, 0.3) is 11.8 Å². The van der Waals surface area contributed by atoms with Crippen molar-refractivity contribution in [3.8, 4) is 0 Å². The predicted molar refractivity (Wildman–Crippen MR) is 121 cm³/mol. The summed E-state index contributed by atoms with van der Waals surface area (Å²) in [7, 11) is 3.53. The minimum Gasteiger partial charge on any atom is -0.382 e. The largest absolute Gasteiger partial charge is 0.382 e. The zero-order valence-corrected chi connectivity index (χ0v) is 18.4. The van der Waals surface area contributed by atoms with Crippen LogP contribution in [0.25, 0.3) is 0 Å². The summed E-state index contributed by atoms with van der Waals surface area (Å²) in [6.07, 6.45) is 9.07. The molecule has 1 aliphatic heterocycles. The topological polar surface area (TPSA) is 161 Å². The highest BCUT2D eigenvalue weighted by atomic mass is 16.2. The van der Waals surface area contributed by atoms with E-state index in [1.54, 1.807) is 25.6 Å². The molecule has 0 radical (unpaired) electrons. The molecule has 4 rings (SSSR count). The third kappa shape index (κ3) is 5.29. The number of carbonyl (C=O) groups is 2. The second-order valence-corrected chi connectivity index (χ2v) is 8.05. The van der Waals surface area contributed by atoms with E-state index in [1.807, 2.05) is 7.05 Å². The quantitative estimate of drug-likeness (QED) is 0.264. The number of rotatable bonds is 9. The lowest BCUT2D eigenvalue weighted by Gasteiger charge is -2.36. The van der Waals surface area contributed by atoms with E-state index in [9.17, 15) is 9.59 Å². The summed E-state index contributed by atoms with van der Waals surface area (Å²) >= 11 is 0. The van der Waals surface area contributed by atoms with Gasteiger partial charge in [-0.05, 0) is 19.9 Å². The predicted octanol–water partition coefficient (Wildman–Crippen LogP) is 0.128. The normalized spacial score (nSPS) is 16.8. The van der Waals surface area contributed by atoms with Crippen molar-refractivity contribution < 1.29 is 9.59 Å². The van der Waals surface area contributed by atoms with Crippen molar-refractivity contribution in [2.24, 2.45) is 0 Å². The van der Waals surface area contributed by atoms with Crippen molar-refractivity contribution in [2.45, 2.75) is 24.8 Å². The number of amides is 2. The number of hydrogen-bond donors (Lipinski definition) is 5. The number of allylic oxidation sites excluding steroid dienone is 1. The maximum Gasteiger partial charge on any atom is 0.278 e. The van der Waals surface area contributed by atoms with E-state index < -0.39 is 11.8 Å². The molecule has 172 valence electrons. The average molecular weight is 451 g/mol. The second-order valence-electron chi connectivity index (χ2n) is 8.05. The fourth-order valence-electron chi connectivity index (χ4n) is 3.50. The van der Waals surface area contributed by atoms with Crippen molar-refractivity contribution in [2.75, 3.05) is 32.5 Å². The van der Waals surface area contributed by atoms with E-state index in [2.05, 4.69) is 46.1 Å². The Morgan fingerprint density at radius 3 is 2.52 bits per heavy atom. The zero-order valence-electron chi connectivity index (χ0n) is 18.4. The van der Waals surface area contributed by atoms with Gasteiger partial charge in [-0.25, -0.2) is 19.9 Å². The van der Waals surface area contributed by atoms with Crippen LogP contribution in [0.15, 0.2) is 36.3 Å². The van der Waals surface area contributed by atoms with Gasteiger partial charge in [0.2, 0.25) is 0 Å². The number of carbonyl (C=O) groups excluding carboxylic acids is 2. The molecule has 2 fully saturated rings. The molecule has 33 heavy (non-hydrogen) atoms. The van der Waals surface area contributed by atoms with Gasteiger partial charge in [0.1, 0.15) is 12.0 Å². The lowest BCUT2D eigenvalue weighted by molar-refractivity contribution is -0.119. The van der Waals surface area contributed by atoms with Crippen LogP contribution in [0.2, 0.25) is 0 Å². The highest BCUT2D eigenvalue weighted by molar-refractivity contribution is 6.05. The van der Waals surface area contributed by atoms with Crippen LogP contribution in [0, 0.1) is 5.41 Å². The summed E-state index contributed by atoms with van der Waals surface area (Å²) in [5.41, 5.74) is 1.45. The molecular formula is C21H26N10O2. The summed E-state index contributed by atoms with van der Waals surface area (Å²) in [6, 6.07) is 0.0264. The SMILES string of the molecule is CN/C(C(=O)NC1CN(C)C1)=C(\C=N)NC(=O)c1nc(C2CC2)cnc1Nc1cncnc1. The molecule has 5 N–H and O–H groups in total. The van der Waals surface area contributed by atoms with Crippen LogP contribution in [0.4, 0.5) is 11.5 Å². The minimum absolute atomic E-state index is 0.0264. The van der Waals surface area contributed by atoms with Gasteiger partial charge in [-0.3, -0.25) is 9.59 Å². The van der Waals surface area contributed by atoms with Crippen LogP contribution in [-0.4, -0.2) is 76.1 Å². The molecule has 2 aromatic rings. The summed E-state index contributed by atoms with van der Waals surface area (Å²) in [6.45, 7) is 1.49. The lowest BCUT2D eigenvalue weighted by atomic mass is 10.1. The molecule has 12 heteroatoms.